The Morgan fingerprint density at radius 3 is 2.69 bits per heavy atom. The summed E-state index contributed by atoms with van der Waals surface area (Å²) in [5.41, 5.74) is 0.473. The lowest BCUT2D eigenvalue weighted by Gasteiger charge is -2.05. The van der Waals surface area contributed by atoms with E-state index in [-0.39, 0.29) is 24.6 Å². The van der Waals surface area contributed by atoms with Crippen molar-refractivity contribution in [2.45, 2.75) is 6.42 Å². The fourth-order valence-corrected chi connectivity index (χ4v) is 1.09. The van der Waals surface area contributed by atoms with Crippen molar-refractivity contribution in [2.75, 3.05) is 11.9 Å². The molecule has 16 heavy (non-hydrogen) atoms. The zero-order chi connectivity index (χ0) is 12.0. The third-order valence-corrected chi connectivity index (χ3v) is 1.76. The third kappa shape index (κ3) is 4.32. The highest BCUT2D eigenvalue weighted by atomic mass is 16.4. The molecule has 0 heterocycles. The van der Waals surface area contributed by atoms with Gasteiger partial charge >= 0.3 is 6.09 Å². The Bertz CT molecular complexity index is 392. The van der Waals surface area contributed by atoms with Crippen molar-refractivity contribution in [1.29, 1.82) is 0 Å². The number of anilines is 1. The topological polar surface area (TPSA) is 98.7 Å². The molecule has 1 rings (SSSR count). The van der Waals surface area contributed by atoms with Crippen molar-refractivity contribution < 1.29 is 19.8 Å². The Hall–Kier alpha value is -2.24. The first kappa shape index (κ1) is 11.8. The van der Waals surface area contributed by atoms with Gasteiger partial charge in [-0.25, -0.2) is 4.79 Å². The van der Waals surface area contributed by atoms with Gasteiger partial charge in [-0.2, -0.15) is 0 Å². The Balaban J connectivity index is 2.37. The summed E-state index contributed by atoms with van der Waals surface area (Å²) in [4.78, 5) is 21.4. The predicted octanol–water partition coefficient (Wildman–Crippen LogP) is 0.988. The van der Waals surface area contributed by atoms with Gasteiger partial charge in [0, 0.05) is 24.7 Å². The molecule has 6 nitrogen and oxygen atoms in total. The smallest absolute Gasteiger partial charge is 0.404 e. The summed E-state index contributed by atoms with van der Waals surface area (Å²) in [5, 5.41) is 22.0. The van der Waals surface area contributed by atoms with Crippen LogP contribution >= 0.6 is 0 Å². The van der Waals surface area contributed by atoms with E-state index in [0.717, 1.165) is 0 Å². The van der Waals surface area contributed by atoms with Gasteiger partial charge in [-0.3, -0.25) is 4.79 Å². The lowest BCUT2D eigenvalue weighted by Crippen LogP contribution is -2.25. The van der Waals surface area contributed by atoms with Crippen LogP contribution in [0.3, 0.4) is 0 Å². The van der Waals surface area contributed by atoms with Crippen LogP contribution in [0.2, 0.25) is 0 Å². The molecule has 0 aromatic heterocycles. The van der Waals surface area contributed by atoms with Crippen molar-refractivity contribution in [3.8, 4) is 5.75 Å². The van der Waals surface area contributed by atoms with E-state index >= 15 is 0 Å². The normalized spacial score (nSPS) is 9.50. The minimum Gasteiger partial charge on any atom is -0.508 e. The second-order valence-electron chi connectivity index (χ2n) is 3.08. The highest BCUT2D eigenvalue weighted by Gasteiger charge is 2.03. The van der Waals surface area contributed by atoms with E-state index in [9.17, 15) is 9.59 Å². The number of nitrogens with one attached hydrogen (secondary N) is 2. The molecule has 2 amide bonds. The lowest BCUT2D eigenvalue weighted by molar-refractivity contribution is -0.116. The third-order valence-electron chi connectivity index (χ3n) is 1.76. The van der Waals surface area contributed by atoms with Crippen molar-refractivity contribution >= 4 is 17.7 Å². The number of carbonyl (C=O) groups excluding carboxylic acids is 1. The molecule has 0 aliphatic rings. The van der Waals surface area contributed by atoms with E-state index in [1.54, 1.807) is 12.1 Å². The van der Waals surface area contributed by atoms with E-state index in [1.807, 2.05) is 0 Å². The molecule has 1 aromatic rings. The number of aromatic hydroxyl groups is 1. The van der Waals surface area contributed by atoms with Crippen LogP contribution in [0.1, 0.15) is 6.42 Å². The Kier molecular flexibility index (Phi) is 4.14. The maximum atomic E-state index is 11.3. The molecule has 4 N–H and O–H groups in total. The molecule has 0 saturated carbocycles. The van der Waals surface area contributed by atoms with Gasteiger partial charge in [0.1, 0.15) is 5.75 Å². The summed E-state index contributed by atoms with van der Waals surface area (Å²) < 4.78 is 0. The van der Waals surface area contributed by atoms with Gasteiger partial charge in [-0.15, -0.1) is 0 Å². The summed E-state index contributed by atoms with van der Waals surface area (Å²) in [6.45, 7) is 0.0555. The monoisotopic (exact) mass is 224 g/mol. The Morgan fingerprint density at radius 1 is 1.31 bits per heavy atom. The first-order valence-electron chi connectivity index (χ1n) is 4.63. The van der Waals surface area contributed by atoms with E-state index < -0.39 is 6.09 Å². The Labute approximate surface area is 91.9 Å². The predicted molar refractivity (Wildman–Crippen MR) is 57.4 cm³/mol. The molecule has 86 valence electrons. The van der Waals surface area contributed by atoms with E-state index in [0.29, 0.717) is 5.69 Å². The molecule has 6 heteroatoms. The quantitative estimate of drug-likeness (QED) is 0.612. The van der Waals surface area contributed by atoms with Gasteiger partial charge in [0.25, 0.3) is 0 Å². The molecule has 0 aliphatic heterocycles. The van der Waals surface area contributed by atoms with Crippen LogP contribution in [0.5, 0.6) is 5.75 Å². The molecule has 1 aromatic carbocycles. The average molecular weight is 224 g/mol. The lowest BCUT2D eigenvalue weighted by atomic mass is 10.3. The van der Waals surface area contributed by atoms with Gasteiger partial charge in [0.15, 0.2) is 0 Å². The van der Waals surface area contributed by atoms with E-state index in [4.69, 9.17) is 10.2 Å². The molecule has 0 unspecified atom stereocenters. The number of rotatable bonds is 4. The summed E-state index contributed by atoms with van der Waals surface area (Å²) >= 11 is 0. The minimum absolute atomic E-state index is 0.0436. The second kappa shape index (κ2) is 5.59. The van der Waals surface area contributed by atoms with Crippen LogP contribution in [-0.2, 0) is 4.79 Å². The summed E-state index contributed by atoms with van der Waals surface area (Å²) in [6.07, 6.45) is -1.12. The molecular weight excluding hydrogens is 212 g/mol. The van der Waals surface area contributed by atoms with Crippen LogP contribution in [-0.4, -0.2) is 28.8 Å². The van der Waals surface area contributed by atoms with Gasteiger partial charge in [0.05, 0.1) is 0 Å². The van der Waals surface area contributed by atoms with Crippen LogP contribution in [0.4, 0.5) is 10.5 Å². The molecule has 0 fully saturated rings. The maximum absolute atomic E-state index is 11.3. The number of phenols is 1. The molecule has 0 bridgehead atoms. The molecule has 0 spiro atoms. The fourth-order valence-electron chi connectivity index (χ4n) is 1.09. The number of amides is 2. The van der Waals surface area contributed by atoms with Crippen molar-refractivity contribution in [3.63, 3.8) is 0 Å². The van der Waals surface area contributed by atoms with E-state index in [2.05, 4.69) is 10.6 Å². The van der Waals surface area contributed by atoms with Gasteiger partial charge in [-0.1, -0.05) is 6.07 Å². The first-order chi connectivity index (χ1) is 7.58. The van der Waals surface area contributed by atoms with Crippen molar-refractivity contribution in [3.05, 3.63) is 24.3 Å². The maximum Gasteiger partial charge on any atom is 0.404 e. The zero-order valence-electron chi connectivity index (χ0n) is 8.43. The molecule has 0 atom stereocenters. The number of benzene rings is 1. The van der Waals surface area contributed by atoms with Crippen molar-refractivity contribution in [2.24, 2.45) is 0 Å². The van der Waals surface area contributed by atoms with Gasteiger partial charge in [-0.05, 0) is 12.1 Å². The highest BCUT2D eigenvalue weighted by molar-refractivity contribution is 5.91. The largest absolute Gasteiger partial charge is 0.508 e. The number of hydrogen-bond donors (Lipinski definition) is 4. The Morgan fingerprint density at radius 2 is 2.06 bits per heavy atom. The molecule has 0 aliphatic carbocycles. The number of carbonyl (C=O) groups is 2. The minimum atomic E-state index is -1.16. The van der Waals surface area contributed by atoms with Crippen LogP contribution in [0.25, 0.3) is 0 Å². The van der Waals surface area contributed by atoms with E-state index in [1.165, 1.54) is 12.1 Å². The standard InChI is InChI=1S/C10H12N2O4/c13-8-3-1-2-7(6-8)12-9(14)4-5-11-10(15)16/h1-3,6,11,13H,4-5H2,(H,12,14)(H,15,16). The van der Waals surface area contributed by atoms with Crippen LogP contribution in [0.15, 0.2) is 24.3 Å². The molecular formula is C10H12N2O4. The van der Waals surface area contributed by atoms with Gasteiger partial charge < -0.3 is 20.8 Å². The first-order valence-corrected chi connectivity index (χ1v) is 4.63. The SMILES string of the molecule is O=C(O)NCCC(=O)Nc1cccc(O)c1. The highest BCUT2D eigenvalue weighted by Crippen LogP contribution is 2.15. The number of carboxylic acid groups (broad SMARTS) is 1. The second-order valence-corrected chi connectivity index (χ2v) is 3.08. The summed E-state index contributed by atoms with van der Waals surface area (Å²) in [5.74, 6) is -0.263. The summed E-state index contributed by atoms with van der Waals surface area (Å²) in [6, 6.07) is 6.12. The molecule has 0 saturated heterocycles. The summed E-state index contributed by atoms with van der Waals surface area (Å²) in [7, 11) is 0. The molecule has 0 radical (unpaired) electrons. The van der Waals surface area contributed by atoms with Crippen LogP contribution < -0.4 is 10.6 Å². The zero-order valence-corrected chi connectivity index (χ0v) is 8.43. The number of hydrogen-bond acceptors (Lipinski definition) is 3. The van der Waals surface area contributed by atoms with Crippen molar-refractivity contribution in [1.82, 2.24) is 5.32 Å². The van der Waals surface area contributed by atoms with Gasteiger partial charge in [0.2, 0.25) is 5.91 Å². The fraction of sp³-hybridized carbons (Fsp3) is 0.200. The number of phenolic OH excluding ortho intramolecular Hbond substituents is 1. The van der Waals surface area contributed by atoms with Crippen LogP contribution in [0, 0.1) is 0 Å². The average Bonchev–Trinajstić information content (AvgIpc) is 2.16.